The molecule has 30 heavy (non-hydrogen) atoms. The Morgan fingerprint density at radius 1 is 0.700 bits per heavy atom. The van der Waals surface area contributed by atoms with Crippen LogP contribution in [0.1, 0.15) is 71.3 Å². The van der Waals surface area contributed by atoms with Crippen LogP contribution >= 0.6 is 22.7 Å². The van der Waals surface area contributed by atoms with Crippen LogP contribution in [0.25, 0.3) is 20.4 Å². The first kappa shape index (κ1) is 25.4. The topological polar surface area (TPSA) is 4.93 Å². The van der Waals surface area contributed by atoms with Gasteiger partial charge in [-0.1, -0.05) is 0 Å². The number of fused-ring (bicyclic) bond motifs is 3. The van der Waals surface area contributed by atoms with Gasteiger partial charge in [0.15, 0.2) is 0 Å². The average molecular weight is 659 g/mol. The SMILES string of the molecule is CCCCCC(CCCCC)n1c2c[c]([Sn]([CH3])([CH3])[CH3])sc2c2s[c]([Sn]([CH3])([CH3])[CH3])cc21. The Hall–Kier alpha value is 0.797. The van der Waals surface area contributed by atoms with E-state index in [1.165, 1.54) is 51.4 Å². The van der Waals surface area contributed by atoms with Crippen molar-refractivity contribution in [1.29, 1.82) is 0 Å². The van der Waals surface area contributed by atoms with Gasteiger partial charge in [0.25, 0.3) is 0 Å². The van der Waals surface area contributed by atoms with E-state index in [9.17, 15) is 0 Å². The van der Waals surface area contributed by atoms with Crippen LogP contribution < -0.4 is 5.79 Å². The normalized spacial score (nSPS) is 13.4. The third kappa shape index (κ3) is 5.64. The predicted molar refractivity (Wildman–Crippen MR) is 148 cm³/mol. The Morgan fingerprint density at radius 3 is 1.43 bits per heavy atom. The summed E-state index contributed by atoms with van der Waals surface area (Å²) in [7, 11) is 0. The summed E-state index contributed by atoms with van der Waals surface area (Å²) in [6.07, 6.45) is 10.8. The predicted octanol–water partition coefficient (Wildman–Crippen LogP) is 8.71. The molecular weight excluding hydrogens is 616 g/mol. The molecule has 0 saturated heterocycles. The van der Waals surface area contributed by atoms with Gasteiger partial charge in [0, 0.05) is 0 Å². The standard InChI is InChI=1S/C19H25NS2.6CH3.2Sn/c1-3-5-7-9-15(10-8-6-4-2)20-16-11-13-21-18(16)19-17(20)12-14-22-19;;;;;;;;/h11-12,15H,3-10H2,1-2H3;6*1H3;;. The molecule has 0 aliphatic rings. The van der Waals surface area contributed by atoms with Crippen molar-refractivity contribution < 1.29 is 0 Å². The molecule has 0 aliphatic heterocycles. The molecule has 0 bridgehead atoms. The third-order valence-electron chi connectivity index (χ3n) is 6.28. The van der Waals surface area contributed by atoms with Crippen LogP contribution in [-0.4, -0.2) is 41.3 Å². The van der Waals surface area contributed by atoms with Gasteiger partial charge in [-0.25, -0.2) is 0 Å². The molecule has 0 spiro atoms. The molecule has 0 amide bonds. The zero-order chi connectivity index (χ0) is 22.1. The molecule has 0 aromatic carbocycles. The van der Waals surface area contributed by atoms with Crippen molar-refractivity contribution in [2.24, 2.45) is 0 Å². The van der Waals surface area contributed by atoms with Crippen molar-refractivity contribution in [2.75, 3.05) is 0 Å². The van der Waals surface area contributed by atoms with Crippen LogP contribution in [0, 0.1) is 0 Å². The van der Waals surface area contributed by atoms with Crippen molar-refractivity contribution in [3.05, 3.63) is 12.1 Å². The summed E-state index contributed by atoms with van der Waals surface area (Å²) in [5.74, 6) is 0. The van der Waals surface area contributed by atoms with E-state index < -0.39 is 36.8 Å². The number of rotatable bonds is 11. The van der Waals surface area contributed by atoms with Crippen molar-refractivity contribution in [3.63, 3.8) is 0 Å². The molecule has 3 heterocycles. The van der Waals surface area contributed by atoms with Gasteiger partial charge in [0.05, 0.1) is 0 Å². The monoisotopic (exact) mass is 661 g/mol. The van der Waals surface area contributed by atoms with Crippen molar-refractivity contribution in [1.82, 2.24) is 4.57 Å². The van der Waals surface area contributed by atoms with Crippen LogP contribution in [-0.2, 0) is 0 Å². The first-order valence-corrected chi connectivity index (χ1v) is 33.8. The number of nitrogens with zero attached hydrogens (tertiary/aromatic N) is 1. The Balaban J connectivity index is 2.17. The molecule has 0 atom stereocenters. The van der Waals surface area contributed by atoms with Gasteiger partial charge in [-0.2, -0.15) is 0 Å². The van der Waals surface area contributed by atoms with E-state index >= 15 is 0 Å². The zero-order valence-electron chi connectivity index (χ0n) is 20.7. The number of unbranched alkanes of at least 4 members (excludes halogenated alkanes) is 4. The van der Waals surface area contributed by atoms with Crippen LogP contribution in [0.3, 0.4) is 0 Å². The van der Waals surface area contributed by atoms with Crippen LogP contribution in [0.15, 0.2) is 12.1 Å². The van der Waals surface area contributed by atoms with Gasteiger partial charge < -0.3 is 0 Å². The fourth-order valence-electron chi connectivity index (χ4n) is 4.37. The summed E-state index contributed by atoms with van der Waals surface area (Å²) >= 11 is 0.172. The van der Waals surface area contributed by atoms with E-state index in [2.05, 4.69) is 82.9 Å². The van der Waals surface area contributed by atoms with Gasteiger partial charge in [-0.05, 0) is 0 Å². The molecule has 168 valence electrons. The Labute approximate surface area is 201 Å². The fourth-order valence-corrected chi connectivity index (χ4v) is 17.2. The third-order valence-corrected chi connectivity index (χ3v) is 27.5. The molecule has 0 saturated carbocycles. The van der Waals surface area contributed by atoms with E-state index in [0.29, 0.717) is 6.04 Å². The summed E-state index contributed by atoms with van der Waals surface area (Å²) in [6, 6.07) is 5.95. The molecule has 0 fully saturated rings. The van der Waals surface area contributed by atoms with Gasteiger partial charge in [0.1, 0.15) is 0 Å². The summed E-state index contributed by atoms with van der Waals surface area (Å²) in [4.78, 5) is 15.5. The summed E-state index contributed by atoms with van der Waals surface area (Å²) in [6.45, 7) is 4.67. The van der Waals surface area contributed by atoms with E-state index in [1.807, 2.05) is 0 Å². The number of thiophene rings is 2. The molecule has 1 nitrogen and oxygen atoms in total. The first-order chi connectivity index (χ1) is 14.1. The van der Waals surface area contributed by atoms with Gasteiger partial charge in [-0.15, -0.1) is 0 Å². The molecule has 0 radical (unpaired) electrons. The van der Waals surface area contributed by atoms with Gasteiger partial charge in [-0.3, -0.25) is 0 Å². The molecule has 3 aromatic rings. The summed E-state index contributed by atoms with van der Waals surface area (Å²) < 4.78 is 9.58. The minimum absolute atomic E-state index is 0.679. The number of hydrogen-bond acceptors (Lipinski definition) is 2. The van der Waals surface area contributed by atoms with Gasteiger partial charge >= 0.3 is 203 Å². The fraction of sp³-hybridized carbons (Fsp3) is 0.680. The number of aromatic nitrogens is 1. The van der Waals surface area contributed by atoms with E-state index in [0.717, 1.165) is 0 Å². The molecule has 3 aromatic heterocycles. The number of hydrogen-bond donors (Lipinski definition) is 0. The molecule has 0 unspecified atom stereocenters. The van der Waals surface area contributed by atoms with E-state index in [-0.39, 0.29) is 0 Å². The summed E-state index contributed by atoms with van der Waals surface area (Å²) in [5, 5.41) is 0. The van der Waals surface area contributed by atoms with E-state index in [4.69, 9.17) is 0 Å². The van der Waals surface area contributed by atoms with Crippen LogP contribution in [0.4, 0.5) is 0 Å². The van der Waals surface area contributed by atoms with Crippen molar-refractivity contribution in [2.45, 2.75) is 101 Å². The second-order valence-corrected chi connectivity index (χ2v) is 44.1. The van der Waals surface area contributed by atoms with Crippen LogP contribution in [0.5, 0.6) is 0 Å². The Morgan fingerprint density at radius 2 is 1.10 bits per heavy atom. The van der Waals surface area contributed by atoms with Crippen molar-refractivity contribution >= 4 is 85.6 Å². The first-order valence-electron chi connectivity index (χ1n) is 12.2. The zero-order valence-corrected chi connectivity index (χ0v) is 28.0. The maximum atomic E-state index is 2.84. The van der Waals surface area contributed by atoms with Crippen molar-refractivity contribution in [3.8, 4) is 0 Å². The molecule has 5 heteroatoms. The minimum atomic E-state index is -2.07. The molecule has 3 rings (SSSR count). The second-order valence-electron chi connectivity index (χ2n) is 11.2. The van der Waals surface area contributed by atoms with E-state index in [1.54, 1.807) is 26.2 Å². The van der Waals surface area contributed by atoms with Gasteiger partial charge in [0.2, 0.25) is 0 Å². The Kier molecular flexibility index (Phi) is 8.79. The quantitative estimate of drug-likeness (QED) is 0.144. The summed E-state index contributed by atoms with van der Waals surface area (Å²) in [5.41, 5.74) is 3.16. The molecular formula is C25H43NS2Sn2. The average Bonchev–Trinajstić information content (AvgIpc) is 3.30. The maximum absolute atomic E-state index is 2.84. The Bertz CT molecular complexity index is 889. The second kappa shape index (κ2) is 10.4. The molecule has 0 N–H and O–H groups in total. The molecule has 0 aliphatic carbocycles. The van der Waals surface area contributed by atoms with Crippen LogP contribution in [0.2, 0.25) is 29.6 Å².